The largest absolute Gasteiger partial charge is 0.353 e. The van der Waals surface area contributed by atoms with Crippen molar-refractivity contribution < 1.29 is 9.59 Å². The second-order valence-corrected chi connectivity index (χ2v) is 5.20. The van der Waals surface area contributed by atoms with Gasteiger partial charge in [0, 0.05) is 13.1 Å². The molecular weight excluding hydrogens is 286 g/mol. The Balaban J connectivity index is 0.00000324. The summed E-state index contributed by atoms with van der Waals surface area (Å²) in [6.45, 7) is 4.58. The number of carbonyl (C=O) groups excluding carboxylic acids is 2. The van der Waals surface area contributed by atoms with Crippen molar-refractivity contribution in [3.8, 4) is 0 Å². The minimum atomic E-state index is -0.536. The van der Waals surface area contributed by atoms with Gasteiger partial charge in [0.25, 0.3) is 5.91 Å². The summed E-state index contributed by atoms with van der Waals surface area (Å²) in [6, 6.07) is 3.00. The van der Waals surface area contributed by atoms with E-state index >= 15 is 0 Å². The third-order valence-corrected chi connectivity index (χ3v) is 3.29. The quantitative estimate of drug-likeness (QED) is 0.733. The van der Waals surface area contributed by atoms with E-state index in [1.807, 2.05) is 19.2 Å². The van der Waals surface area contributed by atoms with Crippen LogP contribution >= 0.6 is 23.7 Å². The standard InChI is InChI=1S/C12H19N3O2S.ClH/c1-8(2)10(12(17)14-6-5-13)15-11(16)9-4-3-7-18-9;/h3-4,7-8,10H,5-6,13H2,1-2H3,(H,14,17)(H,15,16);1H. The number of rotatable bonds is 6. The topological polar surface area (TPSA) is 84.2 Å². The Kier molecular flexibility index (Phi) is 8.38. The van der Waals surface area contributed by atoms with Crippen LogP contribution in [0.2, 0.25) is 0 Å². The molecule has 5 nitrogen and oxygen atoms in total. The lowest BCUT2D eigenvalue weighted by molar-refractivity contribution is -0.123. The normalized spacial score (nSPS) is 11.6. The molecule has 0 aliphatic rings. The average molecular weight is 306 g/mol. The minimum absolute atomic E-state index is 0. The van der Waals surface area contributed by atoms with E-state index in [1.165, 1.54) is 11.3 Å². The van der Waals surface area contributed by atoms with E-state index in [4.69, 9.17) is 5.73 Å². The number of halogens is 1. The van der Waals surface area contributed by atoms with Crippen molar-refractivity contribution in [3.05, 3.63) is 22.4 Å². The summed E-state index contributed by atoms with van der Waals surface area (Å²) in [5.41, 5.74) is 5.33. The van der Waals surface area contributed by atoms with Gasteiger partial charge in [0.15, 0.2) is 0 Å². The molecule has 0 bridgehead atoms. The second-order valence-electron chi connectivity index (χ2n) is 4.25. The Morgan fingerprint density at radius 1 is 1.42 bits per heavy atom. The molecule has 108 valence electrons. The summed E-state index contributed by atoms with van der Waals surface area (Å²) in [5.74, 6) is -0.390. The molecule has 1 aromatic heterocycles. The molecule has 0 aromatic carbocycles. The number of amides is 2. The highest BCUT2D eigenvalue weighted by molar-refractivity contribution is 7.12. The van der Waals surface area contributed by atoms with E-state index in [2.05, 4.69) is 10.6 Å². The van der Waals surface area contributed by atoms with Gasteiger partial charge in [-0.15, -0.1) is 23.7 Å². The van der Waals surface area contributed by atoms with E-state index in [0.717, 1.165) is 0 Å². The zero-order chi connectivity index (χ0) is 13.5. The Morgan fingerprint density at radius 3 is 2.58 bits per heavy atom. The number of hydrogen-bond acceptors (Lipinski definition) is 4. The van der Waals surface area contributed by atoms with Gasteiger partial charge in [-0.1, -0.05) is 19.9 Å². The molecule has 0 saturated carbocycles. The minimum Gasteiger partial charge on any atom is -0.353 e. The van der Waals surface area contributed by atoms with E-state index in [1.54, 1.807) is 12.1 Å². The van der Waals surface area contributed by atoms with Crippen molar-refractivity contribution in [1.29, 1.82) is 0 Å². The molecule has 0 aliphatic heterocycles. The molecule has 1 rings (SSSR count). The Bertz CT molecular complexity index is 396. The first-order valence-corrected chi connectivity index (χ1v) is 6.76. The predicted molar refractivity (Wildman–Crippen MR) is 79.7 cm³/mol. The Morgan fingerprint density at radius 2 is 2.11 bits per heavy atom. The van der Waals surface area contributed by atoms with Crippen molar-refractivity contribution >= 4 is 35.6 Å². The van der Waals surface area contributed by atoms with Gasteiger partial charge in [0.1, 0.15) is 6.04 Å². The van der Waals surface area contributed by atoms with Crippen LogP contribution in [0.15, 0.2) is 17.5 Å². The number of hydrogen-bond donors (Lipinski definition) is 3. The molecular formula is C12H20ClN3O2S. The fraction of sp³-hybridized carbons (Fsp3) is 0.500. The van der Waals surface area contributed by atoms with Crippen molar-refractivity contribution in [2.75, 3.05) is 13.1 Å². The van der Waals surface area contributed by atoms with Crippen molar-refractivity contribution in [2.45, 2.75) is 19.9 Å². The zero-order valence-electron chi connectivity index (χ0n) is 11.0. The van der Waals surface area contributed by atoms with E-state index in [9.17, 15) is 9.59 Å². The van der Waals surface area contributed by atoms with Crippen LogP contribution in [0.25, 0.3) is 0 Å². The lowest BCUT2D eigenvalue weighted by Gasteiger charge is -2.21. The number of nitrogens with one attached hydrogen (secondary N) is 2. The van der Waals surface area contributed by atoms with E-state index in [-0.39, 0.29) is 30.1 Å². The Labute approximate surface area is 123 Å². The molecule has 1 aromatic rings. The number of nitrogens with two attached hydrogens (primary N) is 1. The highest BCUT2D eigenvalue weighted by atomic mass is 35.5. The smallest absolute Gasteiger partial charge is 0.262 e. The maximum absolute atomic E-state index is 11.9. The van der Waals surface area contributed by atoms with Gasteiger partial charge in [-0.3, -0.25) is 9.59 Å². The van der Waals surface area contributed by atoms with Crippen LogP contribution in [0, 0.1) is 5.92 Å². The number of carbonyl (C=O) groups is 2. The predicted octanol–water partition coefficient (Wildman–Crippen LogP) is 0.999. The molecule has 7 heteroatoms. The van der Waals surface area contributed by atoms with Crippen LogP contribution in [-0.2, 0) is 4.79 Å². The summed E-state index contributed by atoms with van der Waals surface area (Å²) in [5, 5.41) is 7.26. The molecule has 0 saturated heterocycles. The maximum Gasteiger partial charge on any atom is 0.262 e. The SMILES string of the molecule is CC(C)C(NC(=O)c1cccs1)C(=O)NCCN.Cl. The third-order valence-electron chi connectivity index (χ3n) is 2.42. The highest BCUT2D eigenvalue weighted by Gasteiger charge is 2.24. The molecule has 0 spiro atoms. The molecule has 1 unspecified atom stereocenters. The van der Waals surface area contributed by atoms with E-state index < -0.39 is 6.04 Å². The first kappa shape index (κ1) is 17.9. The average Bonchev–Trinajstić information content (AvgIpc) is 2.86. The third kappa shape index (κ3) is 5.59. The van der Waals surface area contributed by atoms with E-state index in [0.29, 0.717) is 18.0 Å². The fourth-order valence-electron chi connectivity index (χ4n) is 1.46. The van der Waals surface area contributed by atoms with Crippen LogP contribution in [0.4, 0.5) is 0 Å². The zero-order valence-corrected chi connectivity index (χ0v) is 12.6. The molecule has 4 N–H and O–H groups in total. The Hall–Kier alpha value is -1.11. The molecule has 0 aliphatic carbocycles. The monoisotopic (exact) mass is 305 g/mol. The van der Waals surface area contributed by atoms with Gasteiger partial charge in [0.2, 0.25) is 5.91 Å². The van der Waals surface area contributed by atoms with Crippen LogP contribution in [-0.4, -0.2) is 30.9 Å². The fourth-order valence-corrected chi connectivity index (χ4v) is 2.09. The van der Waals surface area contributed by atoms with Gasteiger partial charge in [0.05, 0.1) is 4.88 Å². The summed E-state index contributed by atoms with van der Waals surface area (Å²) >= 11 is 1.35. The molecule has 1 atom stereocenters. The summed E-state index contributed by atoms with van der Waals surface area (Å²) in [6.07, 6.45) is 0. The van der Waals surface area contributed by atoms with Crippen LogP contribution in [0.5, 0.6) is 0 Å². The second kappa shape index (κ2) is 8.90. The van der Waals surface area contributed by atoms with Crippen molar-refractivity contribution in [3.63, 3.8) is 0 Å². The van der Waals surface area contributed by atoms with Crippen molar-refractivity contribution in [2.24, 2.45) is 11.7 Å². The molecule has 0 radical (unpaired) electrons. The maximum atomic E-state index is 11.9. The summed E-state index contributed by atoms with van der Waals surface area (Å²) in [4.78, 5) is 24.4. The molecule has 2 amide bonds. The molecule has 0 fully saturated rings. The van der Waals surface area contributed by atoms with Gasteiger partial charge in [-0.2, -0.15) is 0 Å². The summed E-state index contributed by atoms with van der Waals surface area (Å²) < 4.78 is 0. The highest BCUT2D eigenvalue weighted by Crippen LogP contribution is 2.10. The first-order chi connectivity index (χ1) is 8.56. The lowest BCUT2D eigenvalue weighted by atomic mass is 10.0. The summed E-state index contributed by atoms with van der Waals surface area (Å²) in [7, 11) is 0. The first-order valence-electron chi connectivity index (χ1n) is 5.88. The van der Waals surface area contributed by atoms with Crippen LogP contribution in [0.1, 0.15) is 23.5 Å². The number of thiophene rings is 1. The van der Waals surface area contributed by atoms with Crippen LogP contribution in [0.3, 0.4) is 0 Å². The van der Waals surface area contributed by atoms with Crippen LogP contribution < -0.4 is 16.4 Å². The van der Waals surface area contributed by atoms with Gasteiger partial charge in [-0.05, 0) is 17.4 Å². The van der Waals surface area contributed by atoms with Crippen molar-refractivity contribution in [1.82, 2.24) is 10.6 Å². The van der Waals surface area contributed by atoms with Gasteiger partial charge in [-0.25, -0.2) is 0 Å². The van der Waals surface area contributed by atoms with Gasteiger partial charge >= 0.3 is 0 Å². The molecule has 19 heavy (non-hydrogen) atoms. The molecule has 1 heterocycles. The van der Waals surface area contributed by atoms with Gasteiger partial charge < -0.3 is 16.4 Å². The lowest BCUT2D eigenvalue weighted by Crippen LogP contribution is -2.50.